The van der Waals surface area contributed by atoms with Crippen molar-refractivity contribution in [3.63, 3.8) is 0 Å². The Morgan fingerprint density at radius 2 is 1.74 bits per heavy atom. The molecule has 4 aromatic carbocycles. The third-order valence-corrected chi connectivity index (χ3v) is 6.78. The van der Waals surface area contributed by atoms with Gasteiger partial charge in [-0.25, -0.2) is 4.98 Å². The summed E-state index contributed by atoms with van der Waals surface area (Å²) in [5, 5.41) is 5.60. The molecule has 0 bridgehead atoms. The highest BCUT2D eigenvalue weighted by atomic mass is 35.5. The van der Waals surface area contributed by atoms with E-state index in [9.17, 15) is 18.0 Å². The molecule has 42 heavy (non-hydrogen) atoms. The fourth-order valence-corrected chi connectivity index (χ4v) is 4.63. The number of halogens is 5. The Morgan fingerprint density at radius 3 is 2.50 bits per heavy atom. The van der Waals surface area contributed by atoms with Gasteiger partial charge in [0.1, 0.15) is 6.61 Å². The van der Waals surface area contributed by atoms with Crippen molar-refractivity contribution in [2.24, 2.45) is 5.10 Å². The van der Waals surface area contributed by atoms with Crippen LogP contribution in [0, 0.1) is 0 Å². The number of alkyl halides is 3. The van der Waals surface area contributed by atoms with Gasteiger partial charge >= 0.3 is 6.18 Å². The first-order valence-corrected chi connectivity index (χ1v) is 13.5. The minimum Gasteiger partial charge on any atom is -0.490 e. The van der Waals surface area contributed by atoms with E-state index in [0.717, 1.165) is 22.4 Å². The smallest absolute Gasteiger partial charge is 0.416 e. The van der Waals surface area contributed by atoms with Gasteiger partial charge < -0.3 is 9.47 Å². The lowest BCUT2D eigenvalue weighted by Crippen LogP contribution is -2.20. The normalized spacial score (nSPS) is 11.8. The van der Waals surface area contributed by atoms with Gasteiger partial charge in [-0.3, -0.25) is 4.79 Å². The molecule has 6 nitrogen and oxygen atoms in total. The molecule has 0 fully saturated rings. The van der Waals surface area contributed by atoms with E-state index >= 15 is 0 Å². The van der Waals surface area contributed by atoms with Crippen molar-refractivity contribution in [1.82, 2.24) is 9.66 Å². The minimum absolute atomic E-state index is 0.0362. The molecule has 1 heterocycles. The summed E-state index contributed by atoms with van der Waals surface area (Å²) in [5.41, 5.74) is 0.306. The summed E-state index contributed by atoms with van der Waals surface area (Å²) in [5.74, 6) is 0.841. The van der Waals surface area contributed by atoms with Crippen LogP contribution in [0.2, 0.25) is 10.0 Å². The van der Waals surface area contributed by atoms with Crippen LogP contribution >= 0.6 is 23.2 Å². The molecule has 1 aromatic heterocycles. The predicted octanol–water partition coefficient (Wildman–Crippen LogP) is 8.25. The average Bonchev–Trinajstić information content (AvgIpc) is 2.97. The third-order valence-electron chi connectivity index (χ3n) is 6.19. The summed E-state index contributed by atoms with van der Waals surface area (Å²) in [6.07, 6.45) is -3.17. The van der Waals surface area contributed by atoms with Gasteiger partial charge in [0.2, 0.25) is 0 Å². The maximum absolute atomic E-state index is 13.5. The molecule has 0 aliphatic carbocycles. The molecule has 0 N–H and O–H groups in total. The first-order valence-electron chi connectivity index (χ1n) is 12.7. The zero-order chi connectivity index (χ0) is 29.9. The summed E-state index contributed by atoms with van der Waals surface area (Å²) in [6, 6.07) is 21.3. The van der Waals surface area contributed by atoms with Gasteiger partial charge in [0.05, 0.1) is 29.3 Å². The standard InChI is InChI=1S/C31H22Cl2F3N3O3/c1-2-41-28-14-19(10-13-27(28)42-18-21-11-12-23(32)16-25(21)33)17-37-39-29(20-6-5-7-22(15-20)31(34,35)36)38-26-9-4-3-8-24(26)30(39)40/h3-17H,2,18H2,1H3. The number of para-hydroxylation sites is 1. The molecule has 0 unspecified atom stereocenters. The van der Waals surface area contributed by atoms with Gasteiger partial charge in [-0.15, -0.1) is 0 Å². The largest absolute Gasteiger partial charge is 0.490 e. The first kappa shape index (κ1) is 29.2. The second kappa shape index (κ2) is 12.3. The summed E-state index contributed by atoms with van der Waals surface area (Å²) >= 11 is 12.2. The summed E-state index contributed by atoms with van der Waals surface area (Å²) in [6.45, 7) is 2.34. The van der Waals surface area contributed by atoms with Crippen LogP contribution in [-0.2, 0) is 12.8 Å². The Kier molecular flexibility index (Phi) is 8.51. The van der Waals surface area contributed by atoms with E-state index < -0.39 is 17.3 Å². The minimum atomic E-state index is -4.57. The molecule has 0 amide bonds. The Bertz CT molecular complexity index is 1860. The summed E-state index contributed by atoms with van der Waals surface area (Å²) < 4.78 is 53.1. The molecule has 11 heteroatoms. The lowest BCUT2D eigenvalue weighted by Gasteiger charge is -2.14. The Morgan fingerprint density at radius 1 is 0.929 bits per heavy atom. The third kappa shape index (κ3) is 6.42. The van der Waals surface area contributed by atoms with Crippen LogP contribution in [0.25, 0.3) is 22.3 Å². The van der Waals surface area contributed by atoms with E-state index in [1.807, 2.05) is 6.92 Å². The highest BCUT2D eigenvalue weighted by Gasteiger charge is 2.31. The highest BCUT2D eigenvalue weighted by Crippen LogP contribution is 2.33. The van der Waals surface area contributed by atoms with Crippen LogP contribution in [0.3, 0.4) is 0 Å². The molecule has 214 valence electrons. The van der Waals surface area contributed by atoms with Crippen molar-refractivity contribution < 1.29 is 22.6 Å². The number of fused-ring (bicyclic) bond motifs is 1. The van der Waals surface area contributed by atoms with Crippen LogP contribution in [-0.4, -0.2) is 22.5 Å². The molecule has 0 radical (unpaired) electrons. The van der Waals surface area contributed by atoms with Crippen LogP contribution in [0.1, 0.15) is 23.6 Å². The average molecular weight is 612 g/mol. The Labute approximate surface area is 248 Å². The van der Waals surface area contributed by atoms with E-state index in [1.165, 1.54) is 18.3 Å². The fourth-order valence-electron chi connectivity index (χ4n) is 4.16. The quantitative estimate of drug-likeness (QED) is 0.166. The zero-order valence-corrected chi connectivity index (χ0v) is 23.5. The van der Waals surface area contributed by atoms with Gasteiger partial charge in [-0.05, 0) is 67.1 Å². The van der Waals surface area contributed by atoms with Crippen molar-refractivity contribution in [2.75, 3.05) is 6.61 Å². The topological polar surface area (TPSA) is 65.7 Å². The number of hydrogen-bond acceptors (Lipinski definition) is 5. The number of benzene rings is 4. The van der Waals surface area contributed by atoms with Crippen molar-refractivity contribution in [3.8, 4) is 22.9 Å². The van der Waals surface area contributed by atoms with Gasteiger partial charge in [0, 0.05) is 21.2 Å². The van der Waals surface area contributed by atoms with E-state index in [-0.39, 0.29) is 23.4 Å². The first-order chi connectivity index (χ1) is 20.1. The van der Waals surface area contributed by atoms with E-state index in [0.29, 0.717) is 39.2 Å². The Hall–Kier alpha value is -4.34. The van der Waals surface area contributed by atoms with Crippen molar-refractivity contribution >= 4 is 40.3 Å². The lowest BCUT2D eigenvalue weighted by molar-refractivity contribution is -0.137. The second-order valence-corrected chi connectivity index (χ2v) is 9.90. The molecule has 0 aliphatic heterocycles. The number of nitrogens with zero attached hydrogens (tertiary/aromatic N) is 3. The van der Waals surface area contributed by atoms with E-state index in [4.69, 9.17) is 32.7 Å². The van der Waals surface area contributed by atoms with Crippen molar-refractivity contribution in [2.45, 2.75) is 19.7 Å². The zero-order valence-electron chi connectivity index (χ0n) is 22.0. The van der Waals surface area contributed by atoms with Crippen molar-refractivity contribution in [3.05, 3.63) is 122 Å². The second-order valence-electron chi connectivity index (χ2n) is 9.06. The summed E-state index contributed by atoms with van der Waals surface area (Å²) in [4.78, 5) is 17.9. The molecule has 0 saturated carbocycles. The molecule has 0 aliphatic rings. The van der Waals surface area contributed by atoms with Gasteiger partial charge in [0.15, 0.2) is 17.3 Å². The number of rotatable bonds is 8. The molecule has 5 aromatic rings. The molecule has 0 saturated heterocycles. The van der Waals surface area contributed by atoms with Crippen LogP contribution < -0.4 is 15.0 Å². The van der Waals surface area contributed by atoms with Crippen LogP contribution in [0.5, 0.6) is 11.5 Å². The predicted molar refractivity (Wildman–Crippen MR) is 158 cm³/mol. The lowest BCUT2D eigenvalue weighted by atomic mass is 10.1. The molecular formula is C31H22Cl2F3N3O3. The van der Waals surface area contributed by atoms with Crippen molar-refractivity contribution in [1.29, 1.82) is 0 Å². The number of hydrogen-bond donors (Lipinski definition) is 0. The van der Waals surface area contributed by atoms with Gasteiger partial charge in [-0.1, -0.05) is 53.5 Å². The monoisotopic (exact) mass is 611 g/mol. The fraction of sp³-hybridized carbons (Fsp3) is 0.129. The van der Waals surface area contributed by atoms with Crippen LogP contribution in [0.15, 0.2) is 94.8 Å². The Balaban J connectivity index is 1.52. The SMILES string of the molecule is CCOc1cc(C=Nn2c(-c3cccc(C(F)(F)F)c3)nc3ccccc3c2=O)ccc1OCc1ccc(Cl)cc1Cl. The summed E-state index contributed by atoms with van der Waals surface area (Å²) in [7, 11) is 0. The molecular weight excluding hydrogens is 590 g/mol. The molecule has 0 spiro atoms. The molecule has 0 atom stereocenters. The van der Waals surface area contributed by atoms with Gasteiger partial charge in [0.25, 0.3) is 5.56 Å². The van der Waals surface area contributed by atoms with E-state index in [2.05, 4.69) is 10.1 Å². The number of ether oxygens (including phenoxy) is 2. The maximum Gasteiger partial charge on any atom is 0.416 e. The number of aromatic nitrogens is 2. The molecule has 5 rings (SSSR count). The maximum atomic E-state index is 13.5. The van der Waals surface area contributed by atoms with E-state index in [1.54, 1.807) is 60.7 Å². The van der Waals surface area contributed by atoms with Gasteiger partial charge in [-0.2, -0.15) is 22.9 Å². The highest BCUT2D eigenvalue weighted by molar-refractivity contribution is 6.35. The van der Waals surface area contributed by atoms with Crippen LogP contribution in [0.4, 0.5) is 13.2 Å².